The first-order valence-corrected chi connectivity index (χ1v) is 7.81. The molecule has 6 heteroatoms. The Labute approximate surface area is 133 Å². The molecule has 0 bridgehead atoms. The number of carbonyl (C=O) groups excluding carboxylic acids is 1. The zero-order valence-corrected chi connectivity index (χ0v) is 13.8. The molecule has 1 N–H and O–H groups in total. The van der Waals surface area contributed by atoms with Gasteiger partial charge in [-0.05, 0) is 32.9 Å². The summed E-state index contributed by atoms with van der Waals surface area (Å²) < 4.78 is 18.9. The Balaban J connectivity index is 2.23. The summed E-state index contributed by atoms with van der Waals surface area (Å²) in [7, 11) is 1.49. The van der Waals surface area contributed by atoms with E-state index in [-0.39, 0.29) is 17.8 Å². The number of amides is 1. The highest BCUT2D eigenvalue weighted by molar-refractivity contribution is 7.15. The fourth-order valence-electron chi connectivity index (χ4n) is 2.06. The smallest absolute Gasteiger partial charge is 0.249 e. The van der Waals surface area contributed by atoms with Crippen molar-refractivity contribution in [2.45, 2.75) is 32.9 Å². The highest BCUT2D eigenvalue weighted by atomic mass is 32.1. The van der Waals surface area contributed by atoms with Gasteiger partial charge in [0, 0.05) is 12.7 Å². The number of rotatable bonds is 5. The second-order valence-corrected chi connectivity index (χ2v) is 6.09. The van der Waals surface area contributed by atoms with Gasteiger partial charge >= 0.3 is 0 Å². The van der Waals surface area contributed by atoms with Crippen LogP contribution in [-0.2, 0) is 9.53 Å². The maximum atomic E-state index is 13.9. The van der Waals surface area contributed by atoms with Gasteiger partial charge in [-0.1, -0.05) is 12.1 Å². The molecular weight excluding hydrogens is 303 g/mol. The number of hydrogen-bond donors (Lipinski definition) is 1. The van der Waals surface area contributed by atoms with Crippen molar-refractivity contribution in [1.29, 1.82) is 0 Å². The molecule has 0 radical (unpaired) electrons. The normalized spacial score (nSPS) is 13.7. The first-order chi connectivity index (χ1) is 10.4. The predicted molar refractivity (Wildman–Crippen MR) is 85.3 cm³/mol. The van der Waals surface area contributed by atoms with E-state index in [2.05, 4.69) is 10.3 Å². The quantitative estimate of drug-likeness (QED) is 0.917. The number of ether oxygens (including phenoxy) is 1. The Hall–Kier alpha value is -1.79. The lowest BCUT2D eigenvalue weighted by Gasteiger charge is -2.16. The van der Waals surface area contributed by atoms with Gasteiger partial charge in [-0.25, -0.2) is 9.37 Å². The summed E-state index contributed by atoms with van der Waals surface area (Å²) in [5.41, 5.74) is 1.27. The highest BCUT2D eigenvalue weighted by Gasteiger charge is 2.20. The van der Waals surface area contributed by atoms with Crippen molar-refractivity contribution in [2.24, 2.45) is 0 Å². The molecule has 1 aromatic heterocycles. The van der Waals surface area contributed by atoms with Gasteiger partial charge in [0.2, 0.25) is 5.91 Å². The summed E-state index contributed by atoms with van der Waals surface area (Å²) >= 11 is 1.39. The van der Waals surface area contributed by atoms with Crippen LogP contribution in [0.2, 0.25) is 0 Å². The lowest BCUT2D eigenvalue weighted by Crippen LogP contribution is -2.35. The van der Waals surface area contributed by atoms with E-state index >= 15 is 0 Å². The van der Waals surface area contributed by atoms with E-state index in [9.17, 15) is 9.18 Å². The van der Waals surface area contributed by atoms with E-state index in [1.807, 2.05) is 13.8 Å². The second-order valence-electron chi connectivity index (χ2n) is 5.06. The van der Waals surface area contributed by atoms with Crippen LogP contribution in [-0.4, -0.2) is 24.1 Å². The van der Waals surface area contributed by atoms with Crippen LogP contribution in [0, 0.1) is 12.7 Å². The number of thiazole rings is 1. The molecule has 4 nitrogen and oxygen atoms in total. The average Bonchev–Trinajstić information content (AvgIpc) is 2.88. The summed E-state index contributed by atoms with van der Waals surface area (Å²) in [6.45, 7) is 5.43. The second kappa shape index (κ2) is 6.98. The monoisotopic (exact) mass is 322 g/mol. The SMILES string of the molecule is CO[C@H](C)C(=O)N[C@@H](C)c1sc(-c2ccccc2F)nc1C. The van der Waals surface area contributed by atoms with Crippen LogP contribution in [0.25, 0.3) is 10.6 Å². The maximum absolute atomic E-state index is 13.9. The number of methoxy groups -OCH3 is 1. The molecule has 1 amide bonds. The molecule has 22 heavy (non-hydrogen) atoms. The summed E-state index contributed by atoms with van der Waals surface area (Å²) in [6.07, 6.45) is -0.512. The van der Waals surface area contributed by atoms with E-state index in [4.69, 9.17) is 4.74 Å². The Morgan fingerprint density at radius 3 is 2.68 bits per heavy atom. The first kappa shape index (κ1) is 16.6. The number of nitrogens with one attached hydrogen (secondary N) is 1. The Bertz CT molecular complexity index is 672. The first-order valence-electron chi connectivity index (χ1n) is 6.99. The minimum Gasteiger partial charge on any atom is -0.372 e. The molecule has 2 aromatic rings. The zero-order valence-electron chi connectivity index (χ0n) is 13.0. The lowest BCUT2D eigenvalue weighted by molar-refractivity contribution is -0.130. The molecule has 0 fully saturated rings. The van der Waals surface area contributed by atoms with Crippen LogP contribution in [0.3, 0.4) is 0 Å². The Morgan fingerprint density at radius 2 is 2.05 bits per heavy atom. The van der Waals surface area contributed by atoms with E-state index in [1.54, 1.807) is 25.1 Å². The van der Waals surface area contributed by atoms with Gasteiger partial charge in [-0.15, -0.1) is 11.3 Å². The van der Waals surface area contributed by atoms with E-state index < -0.39 is 6.10 Å². The van der Waals surface area contributed by atoms with Crippen molar-refractivity contribution in [3.63, 3.8) is 0 Å². The van der Waals surface area contributed by atoms with Gasteiger partial charge in [0.05, 0.1) is 16.6 Å². The molecule has 2 rings (SSSR count). The van der Waals surface area contributed by atoms with Crippen molar-refractivity contribution in [1.82, 2.24) is 10.3 Å². The number of benzene rings is 1. The van der Waals surface area contributed by atoms with E-state index in [0.717, 1.165) is 10.6 Å². The molecule has 0 aliphatic rings. The fraction of sp³-hybridized carbons (Fsp3) is 0.375. The van der Waals surface area contributed by atoms with Gasteiger partial charge in [0.25, 0.3) is 0 Å². The molecular formula is C16H19FN2O2S. The van der Waals surface area contributed by atoms with Gasteiger partial charge in [-0.3, -0.25) is 4.79 Å². The molecule has 0 saturated heterocycles. The number of carbonyl (C=O) groups is 1. The molecule has 0 spiro atoms. The van der Waals surface area contributed by atoms with Crippen LogP contribution in [0.1, 0.15) is 30.5 Å². The third-order valence-electron chi connectivity index (χ3n) is 3.41. The van der Waals surface area contributed by atoms with Crippen molar-refractivity contribution in [3.8, 4) is 10.6 Å². The van der Waals surface area contributed by atoms with Crippen LogP contribution < -0.4 is 5.32 Å². The standard InChI is InChI=1S/C16H19FN2O2S/c1-9(18-15(20)11(3)21-4)14-10(2)19-16(22-14)12-7-5-6-8-13(12)17/h5-9,11H,1-4H3,(H,18,20)/t9-,11+/m0/s1. The molecule has 0 aliphatic heterocycles. The van der Waals surface area contributed by atoms with Gasteiger partial charge < -0.3 is 10.1 Å². The Kier molecular flexibility index (Phi) is 5.26. The van der Waals surface area contributed by atoms with Crippen LogP contribution in [0.4, 0.5) is 4.39 Å². The number of hydrogen-bond acceptors (Lipinski definition) is 4. The predicted octanol–water partition coefficient (Wildman–Crippen LogP) is 3.47. The minimum atomic E-state index is -0.512. The van der Waals surface area contributed by atoms with E-state index in [1.165, 1.54) is 24.5 Å². The molecule has 0 saturated carbocycles. The van der Waals surface area contributed by atoms with Crippen LogP contribution >= 0.6 is 11.3 Å². The van der Waals surface area contributed by atoms with Crippen LogP contribution in [0.15, 0.2) is 24.3 Å². The van der Waals surface area contributed by atoms with Crippen molar-refractivity contribution >= 4 is 17.2 Å². The van der Waals surface area contributed by atoms with Crippen LogP contribution in [0.5, 0.6) is 0 Å². The van der Waals surface area contributed by atoms with E-state index in [0.29, 0.717) is 10.6 Å². The highest BCUT2D eigenvalue weighted by Crippen LogP contribution is 2.32. The van der Waals surface area contributed by atoms with Crippen molar-refractivity contribution < 1.29 is 13.9 Å². The van der Waals surface area contributed by atoms with Crippen molar-refractivity contribution in [2.75, 3.05) is 7.11 Å². The maximum Gasteiger partial charge on any atom is 0.249 e. The number of nitrogens with zero attached hydrogens (tertiary/aromatic N) is 1. The minimum absolute atomic E-state index is 0.185. The third-order valence-corrected chi connectivity index (χ3v) is 4.78. The largest absolute Gasteiger partial charge is 0.372 e. The number of aryl methyl sites for hydroxylation is 1. The Morgan fingerprint density at radius 1 is 1.36 bits per heavy atom. The summed E-state index contributed by atoms with van der Waals surface area (Å²) in [5, 5.41) is 3.50. The summed E-state index contributed by atoms with van der Waals surface area (Å²) in [6, 6.07) is 6.34. The number of aromatic nitrogens is 1. The molecule has 118 valence electrons. The lowest BCUT2D eigenvalue weighted by atomic mass is 10.2. The number of halogens is 1. The average molecular weight is 322 g/mol. The third kappa shape index (κ3) is 3.51. The fourth-order valence-corrected chi connectivity index (χ4v) is 3.16. The summed E-state index contributed by atoms with van der Waals surface area (Å²) in [5.74, 6) is -0.484. The summed E-state index contributed by atoms with van der Waals surface area (Å²) in [4.78, 5) is 17.2. The van der Waals surface area contributed by atoms with Gasteiger partial charge in [0.15, 0.2) is 0 Å². The topological polar surface area (TPSA) is 51.2 Å². The molecule has 0 unspecified atom stereocenters. The van der Waals surface area contributed by atoms with Crippen molar-refractivity contribution in [3.05, 3.63) is 40.7 Å². The molecule has 0 aliphatic carbocycles. The molecule has 1 aromatic carbocycles. The molecule has 1 heterocycles. The van der Waals surface area contributed by atoms with Gasteiger partial charge in [-0.2, -0.15) is 0 Å². The zero-order chi connectivity index (χ0) is 16.3. The van der Waals surface area contributed by atoms with Gasteiger partial charge in [0.1, 0.15) is 16.9 Å². The molecule has 2 atom stereocenters.